The molecule has 4 aliphatic rings. The molecule has 0 aromatic carbocycles. The van der Waals surface area contributed by atoms with Crippen LogP contribution in [0.3, 0.4) is 0 Å². The average molecular weight is 607 g/mol. The number of nitrogens with one attached hydrogen (secondary N) is 2. The molecule has 0 aliphatic carbocycles. The number of piperidine rings is 2. The summed E-state index contributed by atoms with van der Waals surface area (Å²) >= 11 is 0. The summed E-state index contributed by atoms with van der Waals surface area (Å²) in [5, 5.41) is 10.6. The van der Waals surface area contributed by atoms with E-state index in [4.69, 9.17) is 9.68 Å². The summed E-state index contributed by atoms with van der Waals surface area (Å²) < 4.78 is 0. The first kappa shape index (κ1) is 33.9. The van der Waals surface area contributed by atoms with Gasteiger partial charge in [0.1, 0.15) is 5.54 Å². The van der Waals surface area contributed by atoms with Gasteiger partial charge in [-0.05, 0) is 108 Å². The van der Waals surface area contributed by atoms with E-state index in [0.717, 1.165) is 38.5 Å². The van der Waals surface area contributed by atoms with E-state index >= 15 is 0 Å². The molecule has 246 valence electrons. The molecule has 0 unspecified atom stereocenters. The van der Waals surface area contributed by atoms with Gasteiger partial charge in [-0.3, -0.25) is 19.4 Å². The number of hydrogen-bond acceptors (Lipinski definition) is 7. The Balaban J connectivity index is 1.25. The minimum Gasteiger partial charge on any atom is -0.331 e. The topological polar surface area (TPSA) is 107 Å². The number of nitrogens with zero attached hydrogens (tertiary/aromatic N) is 4. The first-order chi connectivity index (χ1) is 19.8. The molecule has 2 spiro atoms. The zero-order valence-electron chi connectivity index (χ0n) is 28.5. The molecule has 4 fully saturated rings. The second-order valence-corrected chi connectivity index (χ2v) is 15.9. The lowest BCUT2D eigenvalue weighted by atomic mass is 9.70. The van der Waals surface area contributed by atoms with Crippen LogP contribution in [0.4, 0.5) is 9.59 Å². The van der Waals surface area contributed by atoms with Crippen LogP contribution in [0.2, 0.25) is 0 Å². The number of hydrogen-bond donors (Lipinski definition) is 2. The maximum atomic E-state index is 13.7. The molecule has 11 heteroatoms. The molecule has 4 aliphatic heterocycles. The second kappa shape index (κ2) is 11.8. The molecule has 0 aromatic rings. The SMILES string of the molecule is CCON1C(C)(C)CC2(CN(CCCCCCN3C(=O)NC4(CC(C)(C)N(OCC)C(C)(C)C4)C3=O)C(=O)N2)CC1(C)C. The van der Waals surface area contributed by atoms with Gasteiger partial charge >= 0.3 is 12.1 Å². The minimum absolute atomic E-state index is 0.0160. The van der Waals surface area contributed by atoms with Crippen molar-refractivity contribution in [2.24, 2.45) is 0 Å². The predicted octanol–water partition coefficient (Wildman–Crippen LogP) is 4.81. The van der Waals surface area contributed by atoms with Gasteiger partial charge in [-0.15, -0.1) is 0 Å². The summed E-state index contributed by atoms with van der Waals surface area (Å²) in [6, 6.07) is -0.274. The fraction of sp³-hybridized carbons (Fsp3) is 0.906. The fourth-order valence-corrected chi connectivity index (χ4v) is 9.35. The molecule has 43 heavy (non-hydrogen) atoms. The van der Waals surface area contributed by atoms with Crippen LogP contribution < -0.4 is 10.6 Å². The smallest absolute Gasteiger partial charge is 0.325 e. The van der Waals surface area contributed by atoms with Crippen LogP contribution in [-0.4, -0.2) is 104 Å². The normalized spacial score (nSPS) is 27.3. The minimum atomic E-state index is -0.904. The van der Waals surface area contributed by atoms with E-state index in [9.17, 15) is 14.4 Å². The Morgan fingerprint density at radius 2 is 1.09 bits per heavy atom. The molecule has 0 aromatic heterocycles. The van der Waals surface area contributed by atoms with Gasteiger partial charge in [0.15, 0.2) is 0 Å². The van der Waals surface area contributed by atoms with Gasteiger partial charge in [0.05, 0.1) is 18.8 Å². The Morgan fingerprint density at radius 1 is 0.628 bits per heavy atom. The number of unbranched alkanes of at least 4 members (excludes halogenated alkanes) is 3. The number of urea groups is 2. The van der Waals surface area contributed by atoms with Gasteiger partial charge < -0.3 is 15.5 Å². The van der Waals surface area contributed by atoms with Crippen LogP contribution in [-0.2, 0) is 14.5 Å². The van der Waals surface area contributed by atoms with Crippen LogP contribution in [0.25, 0.3) is 0 Å². The molecule has 4 heterocycles. The first-order valence-corrected chi connectivity index (χ1v) is 16.4. The fourth-order valence-electron chi connectivity index (χ4n) is 9.35. The van der Waals surface area contributed by atoms with E-state index in [1.54, 1.807) is 0 Å². The molecule has 4 saturated heterocycles. The summed E-state index contributed by atoms with van der Waals surface area (Å²) in [6.07, 6.45) is 6.13. The Morgan fingerprint density at radius 3 is 1.58 bits per heavy atom. The third-order valence-electron chi connectivity index (χ3n) is 9.68. The van der Waals surface area contributed by atoms with Gasteiger partial charge in [0, 0.05) is 41.8 Å². The Hall–Kier alpha value is -1.95. The number of amides is 5. The van der Waals surface area contributed by atoms with E-state index in [0.29, 0.717) is 45.7 Å². The highest BCUT2D eigenvalue weighted by Gasteiger charge is 2.62. The third-order valence-corrected chi connectivity index (χ3v) is 9.68. The molecule has 4 rings (SSSR count). The van der Waals surface area contributed by atoms with Crippen LogP contribution >= 0.6 is 0 Å². The molecule has 5 amide bonds. The van der Waals surface area contributed by atoms with Crippen molar-refractivity contribution in [3.05, 3.63) is 0 Å². The zero-order valence-corrected chi connectivity index (χ0v) is 28.5. The highest BCUT2D eigenvalue weighted by molar-refractivity contribution is 6.07. The summed E-state index contributed by atoms with van der Waals surface area (Å²) in [4.78, 5) is 55.1. The van der Waals surface area contributed by atoms with Gasteiger partial charge in [0.25, 0.3) is 5.91 Å². The number of hydroxylamine groups is 4. The van der Waals surface area contributed by atoms with Crippen molar-refractivity contribution in [1.82, 2.24) is 30.6 Å². The number of rotatable bonds is 11. The quantitative estimate of drug-likeness (QED) is 0.257. The lowest BCUT2D eigenvalue weighted by Gasteiger charge is -2.57. The highest BCUT2D eigenvalue weighted by atomic mass is 16.7. The number of carbonyl (C=O) groups excluding carboxylic acids is 3. The highest BCUT2D eigenvalue weighted by Crippen LogP contribution is 2.47. The molecule has 11 nitrogen and oxygen atoms in total. The molecular formula is C32H58N6O5. The van der Waals surface area contributed by atoms with Crippen LogP contribution in [0.5, 0.6) is 0 Å². The van der Waals surface area contributed by atoms with Gasteiger partial charge in [-0.1, -0.05) is 12.8 Å². The molecule has 0 atom stereocenters. The monoisotopic (exact) mass is 606 g/mol. The average Bonchev–Trinajstić information content (AvgIpc) is 3.25. The summed E-state index contributed by atoms with van der Waals surface area (Å²) in [7, 11) is 0. The molecule has 0 bridgehead atoms. The summed E-state index contributed by atoms with van der Waals surface area (Å²) in [6.45, 7) is 24.0. The largest absolute Gasteiger partial charge is 0.331 e. The summed E-state index contributed by atoms with van der Waals surface area (Å²) in [5.74, 6) is -0.116. The van der Waals surface area contributed by atoms with Crippen LogP contribution in [0.15, 0.2) is 0 Å². The van der Waals surface area contributed by atoms with Crippen molar-refractivity contribution in [3.8, 4) is 0 Å². The van der Waals surface area contributed by atoms with Crippen molar-refractivity contribution < 1.29 is 24.1 Å². The maximum Gasteiger partial charge on any atom is 0.325 e. The first-order valence-electron chi connectivity index (χ1n) is 16.4. The molecule has 0 saturated carbocycles. The standard InChI is InChI=1S/C32H58N6O5/c1-11-42-37-27(3,4)19-31(20-28(37,5)6)23-35(25(40)33-31)17-15-13-14-16-18-36-24(39)32(34-26(36)41)21-29(7,8)38(43-12-2)30(9,10)22-32/h11-23H2,1-10H3,(H,33,40)(H,34,41). The predicted molar refractivity (Wildman–Crippen MR) is 166 cm³/mol. The van der Waals surface area contributed by atoms with E-state index in [-0.39, 0.29) is 34.6 Å². The molecular weight excluding hydrogens is 548 g/mol. The van der Waals surface area contributed by atoms with Gasteiger partial charge in [-0.2, -0.15) is 10.1 Å². The number of carbonyl (C=O) groups is 3. The van der Waals surface area contributed by atoms with E-state index in [2.05, 4.69) is 71.1 Å². The van der Waals surface area contributed by atoms with Crippen LogP contribution in [0.1, 0.15) is 121 Å². The Labute approximate surface area is 259 Å². The van der Waals surface area contributed by atoms with Crippen molar-refractivity contribution >= 4 is 18.0 Å². The summed E-state index contributed by atoms with van der Waals surface area (Å²) in [5.41, 5.74) is -2.40. The Bertz CT molecular complexity index is 1040. The van der Waals surface area contributed by atoms with Crippen molar-refractivity contribution in [2.45, 2.75) is 154 Å². The van der Waals surface area contributed by atoms with Crippen molar-refractivity contribution in [3.63, 3.8) is 0 Å². The second-order valence-electron chi connectivity index (χ2n) is 15.9. The van der Waals surface area contributed by atoms with Crippen molar-refractivity contribution in [2.75, 3.05) is 32.8 Å². The van der Waals surface area contributed by atoms with Gasteiger partial charge in [-0.25, -0.2) is 9.59 Å². The Kier molecular flexibility index (Phi) is 9.28. The third kappa shape index (κ3) is 6.56. The van der Waals surface area contributed by atoms with Crippen LogP contribution in [0, 0.1) is 0 Å². The van der Waals surface area contributed by atoms with E-state index in [1.807, 2.05) is 23.8 Å². The lowest BCUT2D eigenvalue weighted by molar-refractivity contribution is -0.287. The van der Waals surface area contributed by atoms with Crippen molar-refractivity contribution in [1.29, 1.82) is 0 Å². The van der Waals surface area contributed by atoms with E-state index < -0.39 is 16.6 Å². The maximum absolute atomic E-state index is 13.7. The van der Waals surface area contributed by atoms with E-state index in [1.165, 1.54) is 4.90 Å². The molecule has 2 N–H and O–H groups in total. The zero-order chi connectivity index (χ0) is 32.1. The number of imide groups is 1. The molecule has 0 radical (unpaired) electrons. The van der Waals surface area contributed by atoms with Gasteiger partial charge in [0.2, 0.25) is 0 Å². The lowest BCUT2D eigenvalue weighted by Crippen LogP contribution is -2.69.